The van der Waals surface area contributed by atoms with Gasteiger partial charge in [0.05, 0.1) is 18.8 Å². The molecule has 81 heavy (non-hydrogen) atoms. The van der Waals surface area contributed by atoms with Gasteiger partial charge in [-0.05, 0) is 122 Å². The summed E-state index contributed by atoms with van der Waals surface area (Å²) in [5.74, 6) is -0.0969. The number of allylic oxidation sites excluding steroid dienone is 25. The highest BCUT2D eigenvalue weighted by atomic mass is 16.3. The zero-order chi connectivity index (χ0) is 58.4. The monoisotopic (exact) mass is 1120 g/mol. The van der Waals surface area contributed by atoms with Crippen LogP contribution < -0.4 is 5.32 Å². The second-order valence-corrected chi connectivity index (χ2v) is 22.5. The van der Waals surface area contributed by atoms with E-state index in [2.05, 4.69) is 165 Å². The van der Waals surface area contributed by atoms with Gasteiger partial charge in [-0.1, -0.05) is 332 Å². The van der Waals surface area contributed by atoms with E-state index in [0.29, 0.717) is 6.42 Å². The largest absolute Gasteiger partial charge is 0.394 e. The SMILES string of the molecule is CC/C=C\C/C=C\C/C=C\C/C=C\C/C=C\C/C=C\C/C=C\C/C=C\C/C=C\C/C=C\CCCCCCCCC(=O)NC(CO)C(O)/C=C/CC/C=C/CC/C=C/CCCCCCCCCCCCCCCCCCCCCCCC. The van der Waals surface area contributed by atoms with Crippen LogP contribution in [0.5, 0.6) is 0 Å². The Morgan fingerprint density at radius 3 is 0.864 bits per heavy atom. The Labute approximate surface area is 503 Å². The molecule has 0 spiro atoms. The number of aliphatic hydroxyl groups is 2. The van der Waals surface area contributed by atoms with E-state index in [9.17, 15) is 15.0 Å². The third kappa shape index (κ3) is 66.7. The molecule has 0 aromatic heterocycles. The van der Waals surface area contributed by atoms with Gasteiger partial charge in [0.15, 0.2) is 0 Å². The topological polar surface area (TPSA) is 69.6 Å². The molecular weight excluding hydrogens is 987 g/mol. The average molecular weight is 1120 g/mol. The van der Waals surface area contributed by atoms with Crippen LogP contribution >= 0.6 is 0 Å². The van der Waals surface area contributed by atoms with Crippen LogP contribution in [-0.4, -0.2) is 34.9 Å². The van der Waals surface area contributed by atoms with Gasteiger partial charge in [-0.2, -0.15) is 0 Å². The first-order chi connectivity index (χ1) is 40.2. The number of carbonyl (C=O) groups excluding carboxylic acids is 1. The van der Waals surface area contributed by atoms with Gasteiger partial charge in [-0.3, -0.25) is 4.79 Å². The van der Waals surface area contributed by atoms with E-state index < -0.39 is 12.1 Å². The molecule has 0 bridgehead atoms. The summed E-state index contributed by atoms with van der Waals surface area (Å²) in [6.07, 6.45) is 112. The van der Waals surface area contributed by atoms with Gasteiger partial charge in [-0.15, -0.1) is 0 Å². The van der Waals surface area contributed by atoms with Gasteiger partial charge < -0.3 is 15.5 Å². The van der Waals surface area contributed by atoms with Gasteiger partial charge in [0.2, 0.25) is 5.91 Å². The Morgan fingerprint density at radius 1 is 0.309 bits per heavy atom. The number of nitrogens with one attached hydrogen (secondary N) is 1. The van der Waals surface area contributed by atoms with E-state index >= 15 is 0 Å². The molecule has 4 heteroatoms. The van der Waals surface area contributed by atoms with Crippen LogP contribution in [0, 0.1) is 0 Å². The molecule has 0 heterocycles. The second-order valence-electron chi connectivity index (χ2n) is 22.5. The zero-order valence-electron chi connectivity index (χ0n) is 53.0. The molecule has 0 aromatic rings. The fraction of sp³-hybridized carbons (Fsp3) is 0.649. The lowest BCUT2D eigenvalue weighted by atomic mass is 10.0. The third-order valence-corrected chi connectivity index (χ3v) is 14.7. The number of aliphatic hydroxyl groups excluding tert-OH is 2. The summed E-state index contributed by atoms with van der Waals surface area (Å²) < 4.78 is 0. The fourth-order valence-corrected chi connectivity index (χ4v) is 9.59. The van der Waals surface area contributed by atoms with Crippen LogP contribution in [0.3, 0.4) is 0 Å². The number of carbonyl (C=O) groups is 1. The minimum Gasteiger partial charge on any atom is -0.394 e. The molecule has 0 fully saturated rings. The number of rotatable bonds is 61. The molecule has 0 saturated carbocycles. The molecule has 3 N–H and O–H groups in total. The molecule has 0 aliphatic carbocycles. The summed E-state index contributed by atoms with van der Waals surface area (Å²) in [6, 6.07) is -0.668. The molecule has 0 saturated heterocycles. The lowest BCUT2D eigenvalue weighted by Gasteiger charge is -2.19. The zero-order valence-corrected chi connectivity index (χ0v) is 53.0. The molecule has 2 atom stereocenters. The highest BCUT2D eigenvalue weighted by Gasteiger charge is 2.18. The van der Waals surface area contributed by atoms with Crippen LogP contribution in [0.25, 0.3) is 0 Å². The van der Waals surface area contributed by atoms with Crippen molar-refractivity contribution in [3.63, 3.8) is 0 Å². The van der Waals surface area contributed by atoms with Crippen molar-refractivity contribution in [2.24, 2.45) is 0 Å². The Bertz CT molecular complexity index is 1690. The second kappa shape index (κ2) is 70.3. The minimum absolute atomic E-state index is 0.0969. The van der Waals surface area contributed by atoms with E-state index in [4.69, 9.17) is 0 Å². The van der Waals surface area contributed by atoms with Crippen molar-refractivity contribution in [2.45, 2.75) is 315 Å². The van der Waals surface area contributed by atoms with Gasteiger partial charge in [0.1, 0.15) is 0 Å². The summed E-state index contributed by atoms with van der Waals surface area (Å²) >= 11 is 0. The molecule has 0 aromatic carbocycles. The van der Waals surface area contributed by atoms with E-state index in [1.54, 1.807) is 6.08 Å². The van der Waals surface area contributed by atoms with Crippen molar-refractivity contribution >= 4 is 5.91 Å². The molecule has 0 aliphatic heterocycles. The van der Waals surface area contributed by atoms with Crippen molar-refractivity contribution < 1.29 is 15.0 Å². The van der Waals surface area contributed by atoms with Crippen molar-refractivity contribution in [3.8, 4) is 0 Å². The van der Waals surface area contributed by atoms with Crippen LogP contribution in [0.1, 0.15) is 303 Å². The first-order valence-electron chi connectivity index (χ1n) is 34.2. The minimum atomic E-state index is -0.891. The number of hydrogen-bond donors (Lipinski definition) is 3. The summed E-state index contributed by atoms with van der Waals surface area (Å²) in [5, 5.41) is 23.2. The Morgan fingerprint density at radius 2 is 0.556 bits per heavy atom. The average Bonchev–Trinajstić information content (AvgIpc) is 3.47. The molecule has 4 nitrogen and oxygen atoms in total. The van der Waals surface area contributed by atoms with E-state index in [1.165, 1.54) is 167 Å². The van der Waals surface area contributed by atoms with Crippen LogP contribution in [0.15, 0.2) is 158 Å². The third-order valence-electron chi connectivity index (χ3n) is 14.7. The highest BCUT2D eigenvalue weighted by Crippen LogP contribution is 2.16. The number of amides is 1. The van der Waals surface area contributed by atoms with Crippen molar-refractivity contribution in [1.82, 2.24) is 5.32 Å². The predicted octanol–water partition coefficient (Wildman–Crippen LogP) is 23.6. The van der Waals surface area contributed by atoms with Crippen LogP contribution in [0.4, 0.5) is 0 Å². The fourth-order valence-electron chi connectivity index (χ4n) is 9.59. The maximum absolute atomic E-state index is 12.5. The van der Waals surface area contributed by atoms with E-state index in [0.717, 1.165) is 116 Å². The van der Waals surface area contributed by atoms with E-state index in [1.807, 2.05) is 6.08 Å². The maximum atomic E-state index is 12.5. The normalized spacial score (nSPS) is 13.8. The first kappa shape index (κ1) is 77.0. The van der Waals surface area contributed by atoms with Crippen LogP contribution in [0.2, 0.25) is 0 Å². The lowest BCUT2D eigenvalue weighted by Crippen LogP contribution is -2.45. The highest BCUT2D eigenvalue weighted by molar-refractivity contribution is 5.76. The van der Waals surface area contributed by atoms with Gasteiger partial charge >= 0.3 is 0 Å². The molecule has 0 rings (SSSR count). The molecule has 0 aliphatic rings. The number of hydrogen-bond acceptors (Lipinski definition) is 3. The maximum Gasteiger partial charge on any atom is 0.220 e. The predicted molar refractivity (Wildman–Crippen MR) is 363 cm³/mol. The van der Waals surface area contributed by atoms with Crippen molar-refractivity contribution in [1.29, 1.82) is 0 Å². The summed E-state index contributed by atoms with van der Waals surface area (Å²) in [6.45, 7) is 4.19. The molecule has 2 unspecified atom stereocenters. The summed E-state index contributed by atoms with van der Waals surface area (Å²) in [7, 11) is 0. The smallest absolute Gasteiger partial charge is 0.220 e. The Balaban J connectivity index is 3.65. The van der Waals surface area contributed by atoms with Crippen molar-refractivity contribution in [2.75, 3.05) is 6.61 Å². The molecule has 460 valence electrons. The van der Waals surface area contributed by atoms with Crippen molar-refractivity contribution in [3.05, 3.63) is 158 Å². The summed E-state index contributed by atoms with van der Waals surface area (Å²) in [4.78, 5) is 12.5. The summed E-state index contributed by atoms with van der Waals surface area (Å²) in [5.41, 5.74) is 0. The standard InChI is InChI=1S/C77H129NO3/c1-3-5-7-9-11-13-15-17-19-21-23-25-27-29-31-33-35-37-38-39-40-41-43-45-47-49-51-53-55-57-59-61-63-65-67-69-71-73-77(81)78-75(74-79)76(80)72-70-68-66-64-62-60-58-56-54-52-50-48-46-44-42-36-34-32-30-28-26-24-22-20-18-16-14-12-10-8-6-4-2/h5,7,11,13,17,19,23,25,29,31,35,37,39-40,43,45,49,51,54-57,62,64,70,72,75-76,79-80H,3-4,6,8-10,12,14-16,18,20-22,24,26-28,30,32-34,36,38,41-42,44,46-48,50,52-53,58-61,63,65-69,71,73-74H2,1-2H3,(H,78,81)/b7-5-,13-11-,19-17-,25-23-,31-29-,37-35-,40-39-,45-43-,51-49-,56-54+,57-55-,64-62+,72-70+. The first-order valence-corrected chi connectivity index (χ1v) is 34.2. The van der Waals surface area contributed by atoms with Gasteiger partial charge in [-0.25, -0.2) is 0 Å². The Kier molecular flexibility index (Phi) is 66.8. The lowest BCUT2D eigenvalue weighted by molar-refractivity contribution is -0.123. The molecule has 1 amide bonds. The van der Waals surface area contributed by atoms with Gasteiger partial charge in [0, 0.05) is 6.42 Å². The Hall–Kier alpha value is -3.99. The molecule has 0 radical (unpaired) electrons. The number of unbranched alkanes of at least 4 members (excludes halogenated alkanes) is 30. The van der Waals surface area contributed by atoms with Gasteiger partial charge in [0.25, 0.3) is 0 Å². The van der Waals surface area contributed by atoms with Crippen LogP contribution in [-0.2, 0) is 4.79 Å². The van der Waals surface area contributed by atoms with E-state index in [-0.39, 0.29) is 12.5 Å². The molecular formula is C77H129NO3. The quantitative estimate of drug-likeness (QED) is 0.0420.